The molecule has 0 spiro atoms. The summed E-state index contributed by atoms with van der Waals surface area (Å²) in [7, 11) is 0. The van der Waals surface area contributed by atoms with Crippen LogP contribution in [0.2, 0.25) is 0 Å². The van der Waals surface area contributed by atoms with Gasteiger partial charge in [-0.15, -0.1) is 12.2 Å². The van der Waals surface area contributed by atoms with Gasteiger partial charge in [0.1, 0.15) is 0 Å². The minimum Gasteiger partial charge on any atom is -1.00 e. The number of benzene rings is 3. The Labute approximate surface area is 188 Å². The maximum Gasteiger partial charge on any atom is 3.00 e. The van der Waals surface area contributed by atoms with E-state index in [9.17, 15) is 0 Å². The van der Waals surface area contributed by atoms with Crippen molar-refractivity contribution in [2.24, 2.45) is 0 Å². The first-order valence-electron chi connectivity index (χ1n) is 8.42. The third kappa shape index (κ3) is 5.27. The molecule has 1 radical (unpaired) electrons. The van der Waals surface area contributed by atoms with Crippen LogP contribution in [-0.4, -0.2) is 0 Å². The minimum atomic E-state index is 0. The van der Waals surface area contributed by atoms with Gasteiger partial charge in [0.15, 0.2) is 0 Å². The van der Waals surface area contributed by atoms with Gasteiger partial charge in [-0.1, -0.05) is 90.0 Å². The Balaban J connectivity index is 0.00000121. The fourth-order valence-corrected chi connectivity index (χ4v) is 3.36. The fourth-order valence-electron chi connectivity index (χ4n) is 3.36. The Morgan fingerprint density at radius 3 is 2.26 bits per heavy atom. The Kier molecular flexibility index (Phi) is 9.35. The number of halogens is 2. The van der Waals surface area contributed by atoms with E-state index in [4.69, 9.17) is 5.32 Å². The van der Waals surface area contributed by atoms with Crippen LogP contribution in [0.4, 0.5) is 5.69 Å². The van der Waals surface area contributed by atoms with Crippen LogP contribution in [0.15, 0.2) is 84.5 Å². The minimum absolute atomic E-state index is 0. The summed E-state index contributed by atoms with van der Waals surface area (Å²) in [5, 5.41) is 7.42. The molecule has 1 aliphatic rings. The summed E-state index contributed by atoms with van der Waals surface area (Å²) in [4.78, 5) is 0. The van der Waals surface area contributed by atoms with Crippen molar-refractivity contribution in [1.82, 2.24) is 0 Å². The molecule has 4 rings (SSSR count). The zero-order valence-electron chi connectivity index (χ0n) is 15.1. The molecular formula is C23H20Cl2NTi. The molecule has 27 heavy (non-hydrogen) atoms. The quantitative estimate of drug-likeness (QED) is 0.545. The standard InChI is InChI=1S/C23H20N.2ClH.Ti/c1-17-11-12-19(15-17)22-14-13-18-7-5-6-10-21(18)23(22)16-24-20-8-3-2-4-9-20;;;/h2-11,13-15H,12,16H2,1H3;2*1H;/q-1;;;+3/p-2. The van der Waals surface area contributed by atoms with Gasteiger partial charge in [0.05, 0.1) is 0 Å². The maximum absolute atomic E-state index is 4.83. The predicted molar refractivity (Wildman–Crippen MR) is 103 cm³/mol. The van der Waals surface area contributed by atoms with Gasteiger partial charge in [-0.25, -0.2) is 0 Å². The molecule has 0 heterocycles. The number of fused-ring (bicyclic) bond motifs is 1. The van der Waals surface area contributed by atoms with Crippen LogP contribution in [0.3, 0.4) is 0 Å². The number of allylic oxidation sites excluding steroid dienone is 4. The molecule has 0 fully saturated rings. The fraction of sp³-hybridized carbons (Fsp3) is 0.130. The van der Waals surface area contributed by atoms with Gasteiger partial charge in [-0.05, 0) is 35.3 Å². The van der Waals surface area contributed by atoms with E-state index in [0.717, 1.165) is 12.1 Å². The second kappa shape index (κ2) is 10.7. The Morgan fingerprint density at radius 2 is 1.56 bits per heavy atom. The third-order valence-electron chi connectivity index (χ3n) is 4.61. The smallest absolute Gasteiger partial charge is 1.00 e. The maximum atomic E-state index is 4.83. The molecule has 0 amide bonds. The van der Waals surface area contributed by atoms with Gasteiger partial charge < -0.3 is 30.1 Å². The Hall–Kier alpha value is -1.51. The number of hydrogen-bond donors (Lipinski definition) is 0. The van der Waals surface area contributed by atoms with Crippen molar-refractivity contribution in [3.63, 3.8) is 0 Å². The summed E-state index contributed by atoms with van der Waals surface area (Å²) in [6.45, 7) is 2.87. The van der Waals surface area contributed by atoms with E-state index in [1.807, 2.05) is 18.2 Å². The molecule has 0 bridgehead atoms. The van der Waals surface area contributed by atoms with Gasteiger partial charge >= 0.3 is 21.7 Å². The van der Waals surface area contributed by atoms with Gasteiger partial charge in [0, 0.05) is 0 Å². The Morgan fingerprint density at radius 1 is 0.852 bits per heavy atom. The van der Waals surface area contributed by atoms with Gasteiger partial charge in [-0.3, -0.25) is 0 Å². The molecule has 3 aromatic carbocycles. The molecule has 0 aliphatic heterocycles. The molecule has 0 atom stereocenters. The van der Waals surface area contributed by atoms with Crippen LogP contribution >= 0.6 is 0 Å². The number of rotatable bonds is 4. The second-order valence-electron chi connectivity index (χ2n) is 6.29. The number of para-hydroxylation sites is 1. The van der Waals surface area contributed by atoms with E-state index in [2.05, 4.69) is 67.6 Å². The average molecular weight is 429 g/mol. The molecule has 0 saturated heterocycles. The van der Waals surface area contributed by atoms with Gasteiger partial charge in [-0.2, -0.15) is 0 Å². The molecular weight excluding hydrogens is 409 g/mol. The zero-order chi connectivity index (χ0) is 16.4. The van der Waals surface area contributed by atoms with E-state index in [1.54, 1.807) is 0 Å². The molecule has 0 aromatic heterocycles. The average Bonchev–Trinajstić information content (AvgIpc) is 3.06. The molecule has 1 aliphatic carbocycles. The monoisotopic (exact) mass is 428 g/mol. The summed E-state index contributed by atoms with van der Waals surface area (Å²) in [6, 6.07) is 23.3. The molecule has 135 valence electrons. The van der Waals surface area contributed by atoms with Crippen LogP contribution < -0.4 is 24.8 Å². The summed E-state index contributed by atoms with van der Waals surface area (Å²) in [5.74, 6) is 0. The largest absolute Gasteiger partial charge is 3.00 e. The SMILES string of the molecule is CC1=CCC(c2ccc3ccccc3c2C[N-]c2ccccc2)=C1.[Cl-].[Cl-].[Ti+3]. The molecule has 0 unspecified atom stereocenters. The van der Waals surface area contributed by atoms with Crippen molar-refractivity contribution >= 4 is 22.0 Å². The van der Waals surface area contributed by atoms with Crippen LogP contribution in [-0.2, 0) is 28.3 Å². The second-order valence-corrected chi connectivity index (χ2v) is 6.29. The van der Waals surface area contributed by atoms with E-state index in [0.29, 0.717) is 6.54 Å². The van der Waals surface area contributed by atoms with Crippen molar-refractivity contribution in [3.05, 3.63) is 101 Å². The van der Waals surface area contributed by atoms with Crippen molar-refractivity contribution < 1.29 is 46.5 Å². The van der Waals surface area contributed by atoms with Crippen molar-refractivity contribution in [1.29, 1.82) is 0 Å². The van der Waals surface area contributed by atoms with Crippen molar-refractivity contribution in [2.45, 2.75) is 19.9 Å². The van der Waals surface area contributed by atoms with Crippen LogP contribution in [0, 0.1) is 0 Å². The summed E-state index contributed by atoms with van der Waals surface area (Å²) in [5.41, 5.74) is 6.44. The molecule has 4 heteroatoms. The van der Waals surface area contributed by atoms with Gasteiger partial charge in [0.25, 0.3) is 0 Å². The van der Waals surface area contributed by atoms with Gasteiger partial charge in [0.2, 0.25) is 0 Å². The normalized spacial score (nSPS) is 12.2. The zero-order valence-corrected chi connectivity index (χ0v) is 18.2. The van der Waals surface area contributed by atoms with Crippen LogP contribution in [0.5, 0.6) is 0 Å². The molecule has 0 saturated carbocycles. The van der Waals surface area contributed by atoms with E-state index >= 15 is 0 Å². The van der Waals surface area contributed by atoms with Crippen molar-refractivity contribution in [3.8, 4) is 0 Å². The predicted octanol–water partition coefficient (Wildman–Crippen LogP) is 0.784. The summed E-state index contributed by atoms with van der Waals surface area (Å²) < 4.78 is 0. The molecule has 3 aromatic rings. The molecule has 0 N–H and O–H groups in total. The first-order chi connectivity index (χ1) is 11.8. The van der Waals surface area contributed by atoms with E-state index < -0.39 is 0 Å². The van der Waals surface area contributed by atoms with Crippen LogP contribution in [0.25, 0.3) is 21.7 Å². The molecule has 1 nitrogen and oxygen atoms in total. The Bertz CT molecular complexity index is 949. The summed E-state index contributed by atoms with van der Waals surface area (Å²) >= 11 is 0. The summed E-state index contributed by atoms with van der Waals surface area (Å²) in [6.07, 6.45) is 5.61. The first kappa shape index (κ1) is 23.5. The third-order valence-corrected chi connectivity index (χ3v) is 4.61. The van der Waals surface area contributed by atoms with Crippen molar-refractivity contribution in [2.75, 3.05) is 0 Å². The van der Waals surface area contributed by atoms with Crippen LogP contribution in [0.1, 0.15) is 24.5 Å². The first-order valence-corrected chi connectivity index (χ1v) is 8.42. The number of hydrogen-bond acceptors (Lipinski definition) is 0. The van der Waals surface area contributed by atoms with E-state index in [-0.39, 0.29) is 46.5 Å². The van der Waals surface area contributed by atoms with E-state index in [1.165, 1.54) is 33.0 Å². The number of nitrogens with zero attached hydrogens (tertiary/aromatic N) is 1. The topological polar surface area (TPSA) is 14.1 Å².